The van der Waals surface area contributed by atoms with E-state index < -0.39 is 12.1 Å². The molecular formula is C18H26F3N3O4. The number of carboxylic acid groups (broad SMARTS) is 1. The molecule has 1 saturated heterocycles. The molecule has 10 heteroatoms. The molecule has 158 valence electrons. The van der Waals surface area contributed by atoms with Gasteiger partial charge in [0, 0.05) is 25.7 Å². The molecule has 7 nitrogen and oxygen atoms in total. The highest BCUT2D eigenvalue weighted by Crippen LogP contribution is 2.44. The van der Waals surface area contributed by atoms with Gasteiger partial charge in [-0.1, -0.05) is 18.6 Å². The summed E-state index contributed by atoms with van der Waals surface area (Å²) >= 11 is 0. The molecule has 2 spiro atoms. The van der Waals surface area contributed by atoms with Crippen LogP contribution in [0.5, 0.6) is 0 Å². The van der Waals surface area contributed by atoms with Crippen molar-refractivity contribution in [2.45, 2.75) is 51.2 Å². The fraction of sp³-hybridized carbons (Fsp3) is 0.722. The van der Waals surface area contributed by atoms with Crippen LogP contribution in [0.4, 0.5) is 13.2 Å². The lowest BCUT2D eigenvalue weighted by atomic mass is 9.65. The highest BCUT2D eigenvalue weighted by atomic mass is 19.4. The largest absolute Gasteiger partial charge is 0.490 e. The molecule has 1 aliphatic carbocycles. The Morgan fingerprint density at radius 3 is 2.04 bits per heavy atom. The van der Waals surface area contributed by atoms with Gasteiger partial charge in [0.15, 0.2) is 0 Å². The highest BCUT2D eigenvalue weighted by Gasteiger charge is 2.45. The lowest BCUT2D eigenvalue weighted by Gasteiger charge is -2.42. The maximum atomic E-state index is 12.5. The van der Waals surface area contributed by atoms with Gasteiger partial charge in [0.25, 0.3) is 0 Å². The number of hydrogen-bond acceptors (Lipinski definition) is 4. The van der Waals surface area contributed by atoms with Gasteiger partial charge in [0.2, 0.25) is 11.8 Å². The molecule has 0 bridgehead atoms. The van der Waals surface area contributed by atoms with Gasteiger partial charge < -0.3 is 21.1 Å². The van der Waals surface area contributed by atoms with E-state index in [2.05, 4.69) is 28.1 Å². The van der Waals surface area contributed by atoms with E-state index in [0.29, 0.717) is 6.54 Å². The first-order chi connectivity index (χ1) is 13.0. The van der Waals surface area contributed by atoms with Crippen LogP contribution in [0.1, 0.15) is 39.0 Å². The second-order valence-corrected chi connectivity index (χ2v) is 7.78. The third-order valence-corrected chi connectivity index (χ3v) is 5.57. The first-order valence-corrected chi connectivity index (χ1v) is 9.26. The SMILES string of the molecule is C[C@@H]1CNC(=O)C2(C/C=C/CC3(CCC3)C(=O)N1)CNC2.O=C(O)C(F)(F)F. The Kier molecular flexibility index (Phi) is 6.74. The summed E-state index contributed by atoms with van der Waals surface area (Å²) in [5.74, 6) is -2.50. The van der Waals surface area contributed by atoms with Crippen molar-refractivity contribution in [3.05, 3.63) is 12.2 Å². The minimum absolute atomic E-state index is 0.0209. The van der Waals surface area contributed by atoms with E-state index in [-0.39, 0.29) is 28.7 Å². The molecule has 1 saturated carbocycles. The molecule has 2 fully saturated rings. The zero-order valence-corrected chi connectivity index (χ0v) is 15.7. The molecule has 0 aromatic heterocycles. The van der Waals surface area contributed by atoms with Gasteiger partial charge in [0.1, 0.15) is 0 Å². The minimum Gasteiger partial charge on any atom is -0.475 e. The summed E-state index contributed by atoms with van der Waals surface area (Å²) in [6.07, 6.45) is 3.79. The smallest absolute Gasteiger partial charge is 0.475 e. The maximum absolute atomic E-state index is 12.5. The first-order valence-electron chi connectivity index (χ1n) is 9.26. The Labute approximate surface area is 161 Å². The lowest BCUT2D eigenvalue weighted by molar-refractivity contribution is -0.192. The average molecular weight is 405 g/mol. The Hall–Kier alpha value is -2.10. The Morgan fingerprint density at radius 2 is 1.64 bits per heavy atom. The number of alkyl halides is 3. The van der Waals surface area contributed by atoms with Crippen LogP contribution in [-0.2, 0) is 14.4 Å². The zero-order chi connectivity index (χ0) is 21.0. The van der Waals surface area contributed by atoms with E-state index in [9.17, 15) is 22.8 Å². The van der Waals surface area contributed by atoms with Crippen LogP contribution in [0.25, 0.3) is 0 Å². The molecule has 28 heavy (non-hydrogen) atoms. The van der Waals surface area contributed by atoms with E-state index in [1.807, 2.05) is 6.92 Å². The van der Waals surface area contributed by atoms with Gasteiger partial charge in [-0.25, -0.2) is 4.79 Å². The van der Waals surface area contributed by atoms with E-state index in [1.54, 1.807) is 0 Å². The molecule has 3 rings (SSSR count). The summed E-state index contributed by atoms with van der Waals surface area (Å²) in [6.45, 7) is 3.95. The van der Waals surface area contributed by atoms with Crippen LogP contribution in [0.2, 0.25) is 0 Å². The third-order valence-electron chi connectivity index (χ3n) is 5.57. The summed E-state index contributed by atoms with van der Waals surface area (Å²) < 4.78 is 31.7. The van der Waals surface area contributed by atoms with Crippen molar-refractivity contribution in [1.82, 2.24) is 16.0 Å². The first kappa shape index (κ1) is 22.2. The van der Waals surface area contributed by atoms with Crippen LogP contribution in [-0.4, -0.2) is 54.7 Å². The van der Waals surface area contributed by atoms with Gasteiger partial charge in [-0.2, -0.15) is 13.2 Å². The highest BCUT2D eigenvalue weighted by molar-refractivity contribution is 5.85. The number of halogens is 3. The average Bonchev–Trinajstić information content (AvgIpc) is 2.51. The number of carbonyl (C=O) groups excluding carboxylic acids is 2. The molecule has 2 amide bonds. The van der Waals surface area contributed by atoms with Crippen LogP contribution in [0, 0.1) is 10.8 Å². The van der Waals surface area contributed by atoms with Crippen molar-refractivity contribution in [1.29, 1.82) is 0 Å². The summed E-state index contributed by atoms with van der Waals surface area (Å²) in [7, 11) is 0. The normalized spacial score (nSPS) is 27.5. The maximum Gasteiger partial charge on any atom is 0.490 e. The Morgan fingerprint density at radius 1 is 1.11 bits per heavy atom. The molecule has 3 aliphatic rings. The second-order valence-electron chi connectivity index (χ2n) is 7.78. The summed E-state index contributed by atoms with van der Waals surface area (Å²) in [4.78, 5) is 33.7. The molecule has 2 heterocycles. The monoisotopic (exact) mass is 405 g/mol. The van der Waals surface area contributed by atoms with Crippen molar-refractivity contribution < 1.29 is 32.7 Å². The van der Waals surface area contributed by atoms with E-state index >= 15 is 0 Å². The fourth-order valence-corrected chi connectivity index (χ4v) is 3.43. The third kappa shape index (κ3) is 5.03. The molecule has 0 aromatic rings. The number of allylic oxidation sites excluding steroid dienone is 2. The zero-order valence-electron chi connectivity index (χ0n) is 15.7. The molecule has 4 N–H and O–H groups in total. The lowest BCUT2D eigenvalue weighted by Crippen LogP contribution is -2.62. The van der Waals surface area contributed by atoms with E-state index in [0.717, 1.165) is 45.2 Å². The van der Waals surface area contributed by atoms with Crippen LogP contribution in [0.3, 0.4) is 0 Å². The van der Waals surface area contributed by atoms with Crippen molar-refractivity contribution in [2.75, 3.05) is 19.6 Å². The van der Waals surface area contributed by atoms with Gasteiger partial charge in [-0.05, 0) is 32.6 Å². The van der Waals surface area contributed by atoms with Gasteiger partial charge in [0.05, 0.1) is 10.8 Å². The molecule has 0 aromatic carbocycles. The number of carboxylic acids is 1. The summed E-state index contributed by atoms with van der Waals surface area (Å²) in [5, 5.41) is 16.4. The molecule has 1 atom stereocenters. The van der Waals surface area contributed by atoms with Crippen molar-refractivity contribution in [2.24, 2.45) is 10.8 Å². The summed E-state index contributed by atoms with van der Waals surface area (Å²) in [6, 6.07) is -0.0209. The summed E-state index contributed by atoms with van der Waals surface area (Å²) in [5.41, 5.74) is -0.481. The van der Waals surface area contributed by atoms with Crippen molar-refractivity contribution in [3.8, 4) is 0 Å². The molecule has 0 unspecified atom stereocenters. The van der Waals surface area contributed by atoms with E-state index in [1.165, 1.54) is 0 Å². The van der Waals surface area contributed by atoms with Crippen molar-refractivity contribution in [3.63, 3.8) is 0 Å². The quantitative estimate of drug-likeness (QED) is 0.455. The molecular weight excluding hydrogens is 379 g/mol. The second kappa shape index (κ2) is 8.50. The number of nitrogens with one attached hydrogen (secondary N) is 3. The van der Waals surface area contributed by atoms with Crippen LogP contribution < -0.4 is 16.0 Å². The Balaban J connectivity index is 0.000000345. The predicted molar refractivity (Wildman–Crippen MR) is 94.3 cm³/mol. The van der Waals surface area contributed by atoms with Crippen LogP contribution >= 0.6 is 0 Å². The van der Waals surface area contributed by atoms with Crippen LogP contribution in [0.15, 0.2) is 12.2 Å². The number of amides is 2. The predicted octanol–water partition coefficient (Wildman–Crippen LogP) is 1.35. The van der Waals surface area contributed by atoms with Gasteiger partial charge in [-0.3, -0.25) is 9.59 Å². The van der Waals surface area contributed by atoms with Gasteiger partial charge in [-0.15, -0.1) is 0 Å². The number of aliphatic carboxylic acids is 1. The van der Waals surface area contributed by atoms with E-state index in [4.69, 9.17) is 9.90 Å². The topological polar surface area (TPSA) is 108 Å². The number of carbonyl (C=O) groups is 3. The molecule has 0 radical (unpaired) electrons. The minimum atomic E-state index is -5.08. The van der Waals surface area contributed by atoms with Crippen molar-refractivity contribution >= 4 is 17.8 Å². The van der Waals surface area contributed by atoms with Gasteiger partial charge >= 0.3 is 12.1 Å². The fourth-order valence-electron chi connectivity index (χ4n) is 3.43. The number of rotatable bonds is 0. The number of hydrogen-bond donors (Lipinski definition) is 4. The standard InChI is InChI=1S/C16H25N3O2.C2HF3O2/c1-12-9-18-13(20)16(10-17-11-16)6-3-2-5-15(7-4-8-15)14(21)19-12;3-2(4,5)1(6)7/h2-3,12,17H,4-11H2,1H3,(H,18,20)(H,19,21);(H,6,7)/b3-2+;/t12-;/m1./s1. The molecule has 2 aliphatic heterocycles. The Bertz CT molecular complexity index is 640.